The van der Waals surface area contributed by atoms with Gasteiger partial charge in [-0.25, -0.2) is 9.07 Å². The lowest BCUT2D eigenvalue weighted by Gasteiger charge is -2.22. The van der Waals surface area contributed by atoms with Gasteiger partial charge in [0, 0.05) is 11.6 Å². The normalized spacial score (nSPS) is 18.0. The van der Waals surface area contributed by atoms with E-state index < -0.39 is 5.82 Å². The Hall–Kier alpha value is -1.99. The molecule has 6 nitrogen and oxygen atoms in total. The highest BCUT2D eigenvalue weighted by Gasteiger charge is 2.22. The lowest BCUT2D eigenvalue weighted by atomic mass is 10.1. The Balaban J connectivity index is 1.82. The van der Waals surface area contributed by atoms with Crippen LogP contribution in [0.4, 0.5) is 4.39 Å². The quantitative estimate of drug-likeness (QED) is 0.932. The van der Waals surface area contributed by atoms with Crippen LogP contribution < -0.4 is 5.32 Å². The SMILES string of the molecule is Cc1c(C(=O)N[C@@H]2CCCOC2)nnn1-c1ccc(Cl)cc1F. The summed E-state index contributed by atoms with van der Waals surface area (Å²) in [6.07, 6.45) is 1.78. The van der Waals surface area contributed by atoms with Crippen LogP contribution in [0.3, 0.4) is 0 Å². The number of ether oxygens (including phenoxy) is 1. The van der Waals surface area contributed by atoms with E-state index in [1.807, 2.05) is 0 Å². The van der Waals surface area contributed by atoms with Crippen molar-refractivity contribution < 1.29 is 13.9 Å². The van der Waals surface area contributed by atoms with Crippen molar-refractivity contribution in [1.29, 1.82) is 0 Å². The molecule has 2 heterocycles. The predicted octanol–water partition coefficient (Wildman–Crippen LogP) is 2.28. The molecule has 23 heavy (non-hydrogen) atoms. The summed E-state index contributed by atoms with van der Waals surface area (Å²) in [7, 11) is 0. The third kappa shape index (κ3) is 3.35. The number of rotatable bonds is 3. The monoisotopic (exact) mass is 338 g/mol. The molecule has 1 fully saturated rings. The van der Waals surface area contributed by atoms with Gasteiger partial charge in [0.05, 0.1) is 18.3 Å². The standard InChI is InChI=1S/C15H16ClFN4O2/c1-9-14(15(22)18-11-3-2-6-23-8-11)19-20-21(9)13-5-4-10(16)7-12(13)17/h4-5,7,11H,2-3,6,8H2,1H3,(H,18,22)/t11-/m1/s1. The molecule has 1 N–H and O–H groups in total. The second-order valence-corrected chi connectivity index (χ2v) is 5.85. The largest absolute Gasteiger partial charge is 0.379 e. The smallest absolute Gasteiger partial charge is 0.274 e. The van der Waals surface area contributed by atoms with E-state index in [-0.39, 0.29) is 23.3 Å². The third-order valence-corrected chi connectivity index (χ3v) is 3.98. The first-order chi connectivity index (χ1) is 11.1. The van der Waals surface area contributed by atoms with E-state index in [9.17, 15) is 9.18 Å². The number of nitrogens with one attached hydrogen (secondary N) is 1. The van der Waals surface area contributed by atoms with Crippen molar-refractivity contribution in [2.75, 3.05) is 13.2 Å². The molecule has 1 aromatic heterocycles. The Bertz CT molecular complexity index is 728. The first-order valence-corrected chi connectivity index (χ1v) is 7.70. The highest BCUT2D eigenvalue weighted by molar-refractivity contribution is 6.30. The molecule has 1 atom stereocenters. The van der Waals surface area contributed by atoms with Gasteiger partial charge in [0.25, 0.3) is 5.91 Å². The number of carbonyl (C=O) groups excluding carboxylic acids is 1. The van der Waals surface area contributed by atoms with Gasteiger partial charge in [0.15, 0.2) is 5.69 Å². The molecule has 3 rings (SSSR count). The van der Waals surface area contributed by atoms with Crippen LogP contribution >= 0.6 is 11.6 Å². The fourth-order valence-corrected chi connectivity index (χ4v) is 2.69. The van der Waals surface area contributed by atoms with E-state index in [1.165, 1.54) is 16.8 Å². The highest BCUT2D eigenvalue weighted by Crippen LogP contribution is 2.20. The van der Waals surface area contributed by atoms with Crippen LogP contribution in [-0.2, 0) is 4.74 Å². The molecule has 0 spiro atoms. The Morgan fingerprint density at radius 1 is 1.52 bits per heavy atom. The molecule has 1 aliphatic rings. The van der Waals surface area contributed by atoms with E-state index in [4.69, 9.17) is 16.3 Å². The van der Waals surface area contributed by atoms with Crippen molar-refractivity contribution >= 4 is 17.5 Å². The zero-order valence-corrected chi connectivity index (χ0v) is 13.3. The first kappa shape index (κ1) is 15.9. The van der Waals surface area contributed by atoms with Gasteiger partial charge in [-0.3, -0.25) is 4.79 Å². The average molecular weight is 339 g/mol. The number of hydrogen-bond donors (Lipinski definition) is 1. The maximum Gasteiger partial charge on any atom is 0.274 e. The molecule has 1 aromatic carbocycles. The van der Waals surface area contributed by atoms with E-state index in [2.05, 4.69) is 15.6 Å². The second kappa shape index (κ2) is 6.64. The van der Waals surface area contributed by atoms with Crippen LogP contribution in [0.25, 0.3) is 5.69 Å². The van der Waals surface area contributed by atoms with Crippen molar-refractivity contribution in [3.63, 3.8) is 0 Å². The van der Waals surface area contributed by atoms with Gasteiger partial charge in [0.1, 0.15) is 11.5 Å². The van der Waals surface area contributed by atoms with Crippen LogP contribution in [0.5, 0.6) is 0 Å². The Morgan fingerprint density at radius 2 is 2.35 bits per heavy atom. The van der Waals surface area contributed by atoms with Gasteiger partial charge < -0.3 is 10.1 Å². The molecule has 0 bridgehead atoms. The molecule has 0 saturated carbocycles. The van der Waals surface area contributed by atoms with Crippen LogP contribution in [0.1, 0.15) is 29.0 Å². The van der Waals surface area contributed by atoms with Crippen LogP contribution in [0.2, 0.25) is 5.02 Å². The predicted molar refractivity (Wildman–Crippen MR) is 82.4 cm³/mol. The zero-order chi connectivity index (χ0) is 16.4. The maximum atomic E-state index is 14.0. The molecule has 122 valence electrons. The van der Waals surface area contributed by atoms with E-state index >= 15 is 0 Å². The molecule has 8 heteroatoms. The fourth-order valence-electron chi connectivity index (χ4n) is 2.53. The van der Waals surface area contributed by atoms with Crippen molar-refractivity contribution in [3.8, 4) is 5.69 Å². The number of hydrogen-bond acceptors (Lipinski definition) is 4. The molecule has 0 aliphatic carbocycles. The minimum absolute atomic E-state index is 0.0342. The van der Waals surface area contributed by atoms with Gasteiger partial charge in [0.2, 0.25) is 0 Å². The molecular formula is C15H16ClFN4O2. The molecule has 0 radical (unpaired) electrons. The van der Waals surface area contributed by atoms with Gasteiger partial charge >= 0.3 is 0 Å². The number of nitrogens with zero attached hydrogens (tertiary/aromatic N) is 3. The first-order valence-electron chi connectivity index (χ1n) is 7.32. The van der Waals surface area contributed by atoms with Crippen LogP contribution in [-0.4, -0.2) is 40.2 Å². The lowest BCUT2D eigenvalue weighted by Crippen LogP contribution is -2.41. The van der Waals surface area contributed by atoms with Crippen molar-refractivity contribution in [1.82, 2.24) is 20.3 Å². The van der Waals surface area contributed by atoms with Crippen LogP contribution in [0, 0.1) is 12.7 Å². The molecule has 1 saturated heterocycles. The number of halogens is 2. The van der Waals surface area contributed by atoms with Crippen molar-refractivity contribution in [3.05, 3.63) is 40.4 Å². The lowest BCUT2D eigenvalue weighted by molar-refractivity contribution is 0.0621. The summed E-state index contributed by atoms with van der Waals surface area (Å²) in [6, 6.07) is 4.21. The van der Waals surface area contributed by atoms with Gasteiger partial charge in [-0.15, -0.1) is 5.10 Å². The zero-order valence-electron chi connectivity index (χ0n) is 12.6. The maximum absolute atomic E-state index is 14.0. The second-order valence-electron chi connectivity index (χ2n) is 5.42. The summed E-state index contributed by atoms with van der Waals surface area (Å²) >= 11 is 5.75. The Kier molecular flexibility index (Phi) is 4.58. The molecule has 1 amide bonds. The molecule has 1 aliphatic heterocycles. The van der Waals surface area contributed by atoms with Crippen molar-refractivity contribution in [2.24, 2.45) is 0 Å². The Morgan fingerprint density at radius 3 is 3.04 bits per heavy atom. The summed E-state index contributed by atoms with van der Waals surface area (Å²) in [4.78, 5) is 12.3. The van der Waals surface area contributed by atoms with E-state index in [1.54, 1.807) is 13.0 Å². The highest BCUT2D eigenvalue weighted by atomic mass is 35.5. The minimum Gasteiger partial charge on any atom is -0.379 e. The van der Waals surface area contributed by atoms with Gasteiger partial charge in [-0.05, 0) is 38.0 Å². The van der Waals surface area contributed by atoms with Crippen molar-refractivity contribution in [2.45, 2.75) is 25.8 Å². The number of benzene rings is 1. The van der Waals surface area contributed by atoms with E-state index in [0.29, 0.717) is 17.3 Å². The van der Waals surface area contributed by atoms with Crippen LogP contribution in [0.15, 0.2) is 18.2 Å². The summed E-state index contributed by atoms with van der Waals surface area (Å²) in [5.41, 5.74) is 0.824. The number of amides is 1. The molecular weight excluding hydrogens is 323 g/mol. The Labute approximate surface area is 137 Å². The fraction of sp³-hybridized carbons (Fsp3) is 0.400. The number of carbonyl (C=O) groups is 1. The van der Waals surface area contributed by atoms with Gasteiger partial charge in [-0.1, -0.05) is 16.8 Å². The minimum atomic E-state index is -0.530. The topological polar surface area (TPSA) is 69.0 Å². The average Bonchev–Trinajstić information content (AvgIpc) is 2.90. The number of aromatic nitrogens is 3. The third-order valence-electron chi connectivity index (χ3n) is 3.74. The summed E-state index contributed by atoms with van der Waals surface area (Å²) in [6.45, 7) is 2.88. The summed E-state index contributed by atoms with van der Waals surface area (Å²) in [5.74, 6) is -0.864. The van der Waals surface area contributed by atoms with Gasteiger partial charge in [-0.2, -0.15) is 0 Å². The van der Waals surface area contributed by atoms with E-state index in [0.717, 1.165) is 19.4 Å². The molecule has 0 unspecified atom stereocenters. The summed E-state index contributed by atoms with van der Waals surface area (Å²) < 4.78 is 20.6. The summed E-state index contributed by atoms with van der Waals surface area (Å²) in [5, 5.41) is 10.9. The molecule has 2 aromatic rings.